The first-order valence-corrected chi connectivity index (χ1v) is 13.1. The summed E-state index contributed by atoms with van der Waals surface area (Å²) in [5, 5.41) is 0. The molecule has 1 aliphatic heterocycles. The molecule has 1 heterocycles. The highest BCUT2D eigenvalue weighted by Gasteiger charge is 2.36. The molecule has 27 heavy (non-hydrogen) atoms. The molecule has 2 unspecified atom stereocenters. The molecule has 1 fully saturated rings. The van der Waals surface area contributed by atoms with E-state index >= 15 is 0 Å². The molecule has 0 saturated carbocycles. The number of hydrogen-bond acceptors (Lipinski definition) is 4. The lowest BCUT2D eigenvalue weighted by atomic mass is 9.78. The first kappa shape index (κ1) is 22.0. The number of hydrogen-bond donors (Lipinski definition) is 0. The molecule has 2 atom stereocenters. The Bertz CT molecular complexity index is 612. The summed E-state index contributed by atoms with van der Waals surface area (Å²) in [5.74, 6) is 0.395. The van der Waals surface area contributed by atoms with Crippen molar-refractivity contribution in [2.75, 3.05) is 25.1 Å². The van der Waals surface area contributed by atoms with Crippen LogP contribution in [0.4, 0.5) is 5.69 Å². The fourth-order valence-electron chi connectivity index (χ4n) is 4.16. The van der Waals surface area contributed by atoms with Crippen molar-refractivity contribution in [2.24, 2.45) is 11.3 Å². The van der Waals surface area contributed by atoms with Crippen LogP contribution in [0.5, 0.6) is 0 Å². The monoisotopic (exact) mass is 391 g/mol. The summed E-state index contributed by atoms with van der Waals surface area (Å²) < 4.78 is 11.3. The molecular weight excluding hydrogens is 354 g/mol. The average molecular weight is 392 g/mol. The predicted octanol–water partition coefficient (Wildman–Crippen LogP) is 4.42. The predicted molar refractivity (Wildman–Crippen MR) is 115 cm³/mol. The van der Waals surface area contributed by atoms with Crippen molar-refractivity contribution in [3.8, 4) is 0 Å². The van der Waals surface area contributed by atoms with Crippen LogP contribution in [-0.4, -0.2) is 41.3 Å². The summed E-state index contributed by atoms with van der Waals surface area (Å²) in [6.45, 7) is 13.5. The van der Waals surface area contributed by atoms with E-state index in [1.165, 1.54) is 31.2 Å². The van der Waals surface area contributed by atoms with Crippen molar-refractivity contribution in [1.82, 2.24) is 0 Å². The summed E-state index contributed by atoms with van der Waals surface area (Å²) in [5.41, 5.74) is 2.64. The van der Waals surface area contributed by atoms with E-state index in [1.54, 1.807) is 0 Å². The number of nitrogens with zero attached hydrogens (tertiary/aromatic N) is 1. The molecule has 0 bridgehead atoms. The fraction of sp³-hybridized carbons (Fsp3) is 0.682. The van der Waals surface area contributed by atoms with Crippen molar-refractivity contribution in [3.63, 3.8) is 0 Å². The van der Waals surface area contributed by atoms with Crippen LogP contribution in [0.2, 0.25) is 13.1 Å². The number of methoxy groups -OCH3 is 1. The van der Waals surface area contributed by atoms with Gasteiger partial charge in [-0.05, 0) is 49.4 Å². The molecule has 2 rings (SSSR count). The van der Waals surface area contributed by atoms with Crippen LogP contribution >= 0.6 is 0 Å². The molecule has 5 heteroatoms. The lowest BCUT2D eigenvalue weighted by molar-refractivity contribution is -0.140. The van der Waals surface area contributed by atoms with Crippen molar-refractivity contribution in [2.45, 2.75) is 65.7 Å². The second-order valence-electron chi connectivity index (χ2n) is 9.02. The third-order valence-electron chi connectivity index (χ3n) is 5.32. The highest BCUT2D eigenvalue weighted by Crippen LogP contribution is 2.36. The zero-order valence-electron chi connectivity index (χ0n) is 18.0. The Morgan fingerprint density at radius 2 is 2.00 bits per heavy atom. The number of piperidine rings is 1. The van der Waals surface area contributed by atoms with Gasteiger partial charge in [-0.25, -0.2) is 0 Å². The smallest absolute Gasteiger partial charge is 0.305 e. The fourth-order valence-corrected chi connectivity index (χ4v) is 5.38. The first-order chi connectivity index (χ1) is 12.7. The molecule has 1 aromatic carbocycles. The van der Waals surface area contributed by atoms with E-state index < -0.39 is 9.04 Å². The molecular formula is C22H37NO3Si. The van der Waals surface area contributed by atoms with E-state index in [9.17, 15) is 4.79 Å². The quantitative estimate of drug-likeness (QED) is 0.509. The van der Waals surface area contributed by atoms with E-state index in [0.717, 1.165) is 19.5 Å². The topological polar surface area (TPSA) is 38.8 Å². The summed E-state index contributed by atoms with van der Waals surface area (Å²) in [7, 11) is 0.353. The first-order valence-electron chi connectivity index (χ1n) is 10.3. The third-order valence-corrected chi connectivity index (χ3v) is 6.15. The van der Waals surface area contributed by atoms with Crippen LogP contribution in [0.25, 0.3) is 0 Å². The minimum atomic E-state index is -1.10. The average Bonchev–Trinajstić information content (AvgIpc) is 2.63. The number of carbonyl (C=O) groups is 1. The van der Waals surface area contributed by atoms with Crippen molar-refractivity contribution in [3.05, 3.63) is 29.8 Å². The van der Waals surface area contributed by atoms with Gasteiger partial charge in [0.25, 0.3) is 0 Å². The Kier molecular flexibility index (Phi) is 7.92. The molecule has 152 valence electrons. The molecule has 0 amide bonds. The lowest BCUT2D eigenvalue weighted by Gasteiger charge is -2.44. The Morgan fingerprint density at radius 3 is 2.63 bits per heavy atom. The van der Waals surface area contributed by atoms with Gasteiger partial charge in [0, 0.05) is 31.1 Å². The van der Waals surface area contributed by atoms with Gasteiger partial charge in [-0.15, -0.1) is 0 Å². The Balaban J connectivity index is 2.16. The molecule has 1 aliphatic rings. The van der Waals surface area contributed by atoms with E-state index in [0.29, 0.717) is 18.4 Å². The Morgan fingerprint density at radius 1 is 1.30 bits per heavy atom. The van der Waals surface area contributed by atoms with Crippen LogP contribution in [0.1, 0.15) is 45.6 Å². The van der Waals surface area contributed by atoms with Crippen molar-refractivity contribution < 1.29 is 14.0 Å². The number of aryl methyl sites for hydroxylation is 1. The Hall–Kier alpha value is -1.33. The number of esters is 1. The van der Waals surface area contributed by atoms with E-state index in [1.807, 2.05) is 0 Å². The zero-order chi connectivity index (χ0) is 20.0. The summed E-state index contributed by atoms with van der Waals surface area (Å²) in [4.78, 5) is 14.1. The standard InChI is InChI=1S/C22H37NO3Si/c1-22(2,3)21(26-27(5)6)18-11-9-15-23(16-18)19-12-8-7-10-17(19)13-14-20(24)25-4/h7-8,10,12,18,21,27H,9,11,13-16H2,1-6H3. The normalized spacial score (nSPS) is 19.2. The number of para-hydroxylation sites is 1. The minimum absolute atomic E-state index is 0.148. The van der Waals surface area contributed by atoms with E-state index in [-0.39, 0.29) is 11.4 Å². The molecule has 0 radical (unpaired) electrons. The largest absolute Gasteiger partial charge is 0.469 e. The van der Waals surface area contributed by atoms with Crippen LogP contribution < -0.4 is 4.90 Å². The number of ether oxygens (including phenoxy) is 1. The van der Waals surface area contributed by atoms with Crippen LogP contribution in [-0.2, 0) is 20.4 Å². The van der Waals surface area contributed by atoms with Gasteiger partial charge in [0.1, 0.15) is 0 Å². The summed E-state index contributed by atoms with van der Waals surface area (Å²) >= 11 is 0. The number of rotatable bonds is 7. The van der Waals surface area contributed by atoms with Gasteiger partial charge in [0.05, 0.1) is 13.2 Å². The highest BCUT2D eigenvalue weighted by atomic mass is 28.3. The van der Waals surface area contributed by atoms with E-state index in [4.69, 9.17) is 9.16 Å². The molecule has 0 N–H and O–H groups in total. The van der Waals surface area contributed by atoms with Gasteiger partial charge in [-0.2, -0.15) is 0 Å². The van der Waals surface area contributed by atoms with Gasteiger partial charge < -0.3 is 14.1 Å². The molecule has 1 saturated heterocycles. The Labute approximate surface area is 167 Å². The summed E-state index contributed by atoms with van der Waals surface area (Å²) in [6, 6.07) is 8.49. The van der Waals surface area contributed by atoms with Crippen LogP contribution in [0.15, 0.2) is 24.3 Å². The lowest BCUT2D eigenvalue weighted by Crippen LogP contribution is -2.47. The SMILES string of the molecule is COC(=O)CCc1ccccc1N1CCCC(C(O[SiH](C)C)C(C)(C)C)C1. The number of anilines is 1. The van der Waals surface area contributed by atoms with Gasteiger partial charge in [-0.3, -0.25) is 4.79 Å². The molecule has 0 aromatic heterocycles. The van der Waals surface area contributed by atoms with Crippen LogP contribution in [0.3, 0.4) is 0 Å². The molecule has 0 spiro atoms. The van der Waals surface area contributed by atoms with Crippen molar-refractivity contribution in [1.29, 1.82) is 0 Å². The van der Waals surface area contributed by atoms with Gasteiger partial charge >= 0.3 is 5.97 Å². The van der Waals surface area contributed by atoms with Gasteiger partial charge in [-0.1, -0.05) is 39.0 Å². The molecule has 1 aromatic rings. The number of benzene rings is 1. The maximum absolute atomic E-state index is 11.6. The van der Waals surface area contributed by atoms with Crippen LogP contribution in [0, 0.1) is 11.3 Å². The van der Waals surface area contributed by atoms with E-state index in [2.05, 4.69) is 63.0 Å². The van der Waals surface area contributed by atoms with Crippen molar-refractivity contribution >= 4 is 20.7 Å². The zero-order valence-corrected chi connectivity index (χ0v) is 19.1. The maximum atomic E-state index is 11.6. The van der Waals surface area contributed by atoms with Gasteiger partial charge in [0.15, 0.2) is 9.04 Å². The molecule has 4 nitrogen and oxygen atoms in total. The second-order valence-corrected chi connectivity index (χ2v) is 11.4. The second kappa shape index (κ2) is 9.74. The maximum Gasteiger partial charge on any atom is 0.305 e. The summed E-state index contributed by atoms with van der Waals surface area (Å²) in [6.07, 6.45) is 3.86. The molecule has 0 aliphatic carbocycles. The highest BCUT2D eigenvalue weighted by molar-refractivity contribution is 6.48. The van der Waals surface area contributed by atoms with Gasteiger partial charge in [0.2, 0.25) is 0 Å². The number of carbonyl (C=O) groups excluding carboxylic acids is 1. The third kappa shape index (κ3) is 6.35. The minimum Gasteiger partial charge on any atom is -0.469 e.